The predicted octanol–water partition coefficient (Wildman–Crippen LogP) is 0.940. The SMILES string of the molecule is CC[C@H](C)[C@H](N)C(=O)OCC1CCOC1. The largest absolute Gasteiger partial charge is 0.464 e. The molecule has 1 fully saturated rings. The standard InChI is InChI=1S/C11H21NO3/c1-3-8(2)10(12)11(13)15-7-9-4-5-14-6-9/h8-10H,3-7,12H2,1-2H3/t8-,9?,10-/m0/s1. The first-order valence-electron chi connectivity index (χ1n) is 5.65. The van der Waals surface area contributed by atoms with Gasteiger partial charge in [0, 0.05) is 12.5 Å². The van der Waals surface area contributed by atoms with Gasteiger partial charge in [-0.25, -0.2) is 0 Å². The first-order chi connectivity index (χ1) is 7.15. The van der Waals surface area contributed by atoms with Gasteiger partial charge in [0.25, 0.3) is 0 Å². The third-order valence-electron chi connectivity index (χ3n) is 3.01. The minimum absolute atomic E-state index is 0.178. The van der Waals surface area contributed by atoms with E-state index < -0.39 is 6.04 Å². The summed E-state index contributed by atoms with van der Waals surface area (Å²) in [6.45, 7) is 5.90. The fraction of sp³-hybridized carbons (Fsp3) is 0.909. The van der Waals surface area contributed by atoms with Gasteiger partial charge < -0.3 is 15.2 Å². The summed E-state index contributed by atoms with van der Waals surface area (Å²) in [4.78, 5) is 11.5. The smallest absolute Gasteiger partial charge is 0.323 e. The molecular formula is C11H21NO3. The number of nitrogens with two attached hydrogens (primary N) is 1. The van der Waals surface area contributed by atoms with Crippen molar-refractivity contribution in [3.05, 3.63) is 0 Å². The van der Waals surface area contributed by atoms with Crippen molar-refractivity contribution in [2.24, 2.45) is 17.6 Å². The summed E-state index contributed by atoms with van der Waals surface area (Å²) < 4.78 is 10.4. The normalized spacial score (nSPS) is 24.9. The van der Waals surface area contributed by atoms with Gasteiger partial charge in [-0.05, 0) is 12.3 Å². The highest BCUT2D eigenvalue weighted by Crippen LogP contribution is 2.13. The number of rotatable bonds is 5. The number of hydrogen-bond acceptors (Lipinski definition) is 4. The number of ether oxygens (including phenoxy) is 2. The Labute approximate surface area is 91.1 Å². The number of carbonyl (C=O) groups is 1. The molecule has 1 aliphatic heterocycles. The highest BCUT2D eigenvalue weighted by atomic mass is 16.5. The van der Waals surface area contributed by atoms with Gasteiger partial charge in [-0.3, -0.25) is 4.79 Å². The van der Waals surface area contributed by atoms with Crippen molar-refractivity contribution in [1.29, 1.82) is 0 Å². The molecule has 0 aromatic rings. The predicted molar refractivity (Wildman–Crippen MR) is 57.3 cm³/mol. The molecule has 4 nitrogen and oxygen atoms in total. The molecule has 1 heterocycles. The van der Waals surface area contributed by atoms with Gasteiger partial charge in [0.15, 0.2) is 0 Å². The highest BCUT2D eigenvalue weighted by Gasteiger charge is 2.23. The Kier molecular flexibility index (Phi) is 5.05. The first-order valence-corrected chi connectivity index (χ1v) is 5.65. The lowest BCUT2D eigenvalue weighted by Gasteiger charge is -2.17. The lowest BCUT2D eigenvalue weighted by molar-refractivity contribution is -0.147. The molecule has 0 aromatic carbocycles. The fourth-order valence-electron chi connectivity index (χ4n) is 1.50. The van der Waals surface area contributed by atoms with Crippen LogP contribution < -0.4 is 5.73 Å². The minimum Gasteiger partial charge on any atom is -0.464 e. The second kappa shape index (κ2) is 6.08. The number of esters is 1. The lowest BCUT2D eigenvalue weighted by Crippen LogP contribution is -2.38. The van der Waals surface area contributed by atoms with Crippen LogP contribution in [-0.2, 0) is 14.3 Å². The van der Waals surface area contributed by atoms with E-state index in [0.29, 0.717) is 19.1 Å². The molecule has 0 aromatic heterocycles. The Morgan fingerprint density at radius 1 is 1.67 bits per heavy atom. The van der Waals surface area contributed by atoms with E-state index in [1.165, 1.54) is 0 Å². The molecule has 0 saturated carbocycles. The summed E-state index contributed by atoms with van der Waals surface area (Å²) in [5.74, 6) is 0.256. The summed E-state index contributed by atoms with van der Waals surface area (Å²) in [6, 6.07) is -0.489. The molecule has 1 saturated heterocycles. The number of hydrogen-bond donors (Lipinski definition) is 1. The molecule has 0 aliphatic carbocycles. The Morgan fingerprint density at radius 2 is 2.40 bits per heavy atom. The molecular weight excluding hydrogens is 194 g/mol. The summed E-state index contributed by atoms with van der Waals surface area (Å²) in [5, 5.41) is 0. The van der Waals surface area contributed by atoms with Crippen LogP contribution in [0.5, 0.6) is 0 Å². The first kappa shape index (κ1) is 12.5. The summed E-state index contributed by atoms with van der Waals surface area (Å²) in [7, 11) is 0. The lowest BCUT2D eigenvalue weighted by atomic mass is 10.0. The molecule has 1 rings (SSSR count). The number of carbonyl (C=O) groups excluding carboxylic acids is 1. The van der Waals surface area contributed by atoms with Gasteiger partial charge in [0.2, 0.25) is 0 Å². The van der Waals surface area contributed by atoms with Gasteiger partial charge in [-0.1, -0.05) is 20.3 Å². The van der Waals surface area contributed by atoms with Gasteiger partial charge >= 0.3 is 5.97 Å². The third-order valence-corrected chi connectivity index (χ3v) is 3.01. The molecule has 15 heavy (non-hydrogen) atoms. The topological polar surface area (TPSA) is 61.6 Å². The highest BCUT2D eigenvalue weighted by molar-refractivity contribution is 5.75. The van der Waals surface area contributed by atoms with Gasteiger partial charge in [0.1, 0.15) is 6.04 Å². The average Bonchev–Trinajstić information content (AvgIpc) is 2.76. The van der Waals surface area contributed by atoms with E-state index in [2.05, 4.69) is 0 Å². The van der Waals surface area contributed by atoms with Gasteiger partial charge in [-0.2, -0.15) is 0 Å². The van der Waals surface area contributed by atoms with Crippen molar-refractivity contribution in [2.45, 2.75) is 32.7 Å². The van der Waals surface area contributed by atoms with E-state index >= 15 is 0 Å². The summed E-state index contributed by atoms with van der Waals surface area (Å²) >= 11 is 0. The van der Waals surface area contributed by atoms with Crippen molar-refractivity contribution in [1.82, 2.24) is 0 Å². The monoisotopic (exact) mass is 215 g/mol. The zero-order valence-electron chi connectivity index (χ0n) is 9.57. The Balaban J connectivity index is 2.22. The van der Waals surface area contributed by atoms with Crippen molar-refractivity contribution >= 4 is 5.97 Å². The fourth-order valence-corrected chi connectivity index (χ4v) is 1.50. The van der Waals surface area contributed by atoms with Crippen LogP contribution in [-0.4, -0.2) is 31.8 Å². The Bertz CT molecular complexity index is 202. The molecule has 1 aliphatic rings. The van der Waals surface area contributed by atoms with E-state index in [1.807, 2.05) is 13.8 Å². The van der Waals surface area contributed by atoms with Crippen molar-refractivity contribution < 1.29 is 14.3 Å². The van der Waals surface area contributed by atoms with E-state index in [-0.39, 0.29) is 11.9 Å². The molecule has 3 atom stereocenters. The van der Waals surface area contributed by atoms with Crippen LogP contribution in [0, 0.1) is 11.8 Å². The third kappa shape index (κ3) is 3.80. The zero-order valence-corrected chi connectivity index (χ0v) is 9.57. The van der Waals surface area contributed by atoms with Crippen LogP contribution >= 0.6 is 0 Å². The molecule has 0 spiro atoms. The minimum atomic E-state index is -0.489. The van der Waals surface area contributed by atoms with Crippen LogP contribution in [0.3, 0.4) is 0 Å². The molecule has 88 valence electrons. The summed E-state index contributed by atoms with van der Waals surface area (Å²) in [6.07, 6.45) is 1.87. The second-order valence-electron chi connectivity index (χ2n) is 4.27. The van der Waals surface area contributed by atoms with Crippen LogP contribution in [0.2, 0.25) is 0 Å². The van der Waals surface area contributed by atoms with E-state index in [0.717, 1.165) is 19.4 Å². The maximum absolute atomic E-state index is 11.5. The molecule has 1 unspecified atom stereocenters. The zero-order chi connectivity index (χ0) is 11.3. The maximum atomic E-state index is 11.5. The van der Waals surface area contributed by atoms with E-state index in [1.54, 1.807) is 0 Å². The van der Waals surface area contributed by atoms with Crippen LogP contribution in [0.15, 0.2) is 0 Å². The average molecular weight is 215 g/mol. The maximum Gasteiger partial charge on any atom is 0.323 e. The van der Waals surface area contributed by atoms with E-state index in [9.17, 15) is 4.79 Å². The molecule has 4 heteroatoms. The molecule has 0 radical (unpaired) electrons. The molecule has 0 amide bonds. The van der Waals surface area contributed by atoms with Gasteiger partial charge in [0.05, 0.1) is 13.2 Å². The Hall–Kier alpha value is -0.610. The quantitative estimate of drug-likeness (QED) is 0.693. The van der Waals surface area contributed by atoms with Crippen LogP contribution in [0.1, 0.15) is 26.7 Å². The molecule has 0 bridgehead atoms. The van der Waals surface area contributed by atoms with E-state index in [4.69, 9.17) is 15.2 Å². The van der Waals surface area contributed by atoms with Gasteiger partial charge in [-0.15, -0.1) is 0 Å². The van der Waals surface area contributed by atoms with Crippen molar-refractivity contribution in [3.63, 3.8) is 0 Å². The Morgan fingerprint density at radius 3 is 2.93 bits per heavy atom. The van der Waals surface area contributed by atoms with Crippen LogP contribution in [0.4, 0.5) is 0 Å². The van der Waals surface area contributed by atoms with Crippen molar-refractivity contribution in [2.75, 3.05) is 19.8 Å². The summed E-state index contributed by atoms with van der Waals surface area (Å²) in [5.41, 5.74) is 5.75. The van der Waals surface area contributed by atoms with Crippen LogP contribution in [0.25, 0.3) is 0 Å². The van der Waals surface area contributed by atoms with Crippen molar-refractivity contribution in [3.8, 4) is 0 Å². The molecule has 2 N–H and O–H groups in total. The second-order valence-corrected chi connectivity index (χ2v) is 4.27.